The lowest BCUT2D eigenvalue weighted by molar-refractivity contribution is -0.145. The van der Waals surface area contributed by atoms with E-state index >= 15 is 0 Å². The molecule has 2 N–H and O–H groups in total. The van der Waals surface area contributed by atoms with Gasteiger partial charge in [-0.25, -0.2) is 14.4 Å². The Hall–Kier alpha value is -4.40. The molecular formula is C31H36N2O7. The van der Waals surface area contributed by atoms with Crippen molar-refractivity contribution in [2.45, 2.75) is 58.3 Å². The molecule has 0 aliphatic rings. The molecule has 9 heteroatoms. The molecule has 1 unspecified atom stereocenters. The number of amides is 2. The molecule has 2 amide bonds. The predicted octanol–water partition coefficient (Wildman–Crippen LogP) is 5.56. The number of ketones is 1. The summed E-state index contributed by atoms with van der Waals surface area (Å²) in [6.45, 7) is 5.17. The van der Waals surface area contributed by atoms with Crippen LogP contribution in [0, 0.1) is 0 Å². The van der Waals surface area contributed by atoms with Gasteiger partial charge in [0.2, 0.25) is 0 Å². The molecule has 0 saturated heterocycles. The molecule has 0 aromatic heterocycles. The van der Waals surface area contributed by atoms with Crippen molar-refractivity contribution in [1.82, 2.24) is 10.6 Å². The average molecular weight is 549 g/mol. The first kappa shape index (κ1) is 30.1. The number of hydrogen-bond acceptors (Lipinski definition) is 7. The minimum absolute atomic E-state index is 0.165. The standard InChI is InChI=1S/C31H36N2O7/c1-31(2,3)40-30(37)33-26(15-9-10-18-32-29(36)39-20-22-11-5-4-6-12-22)28(35)38-21-27(34)25-17-16-23-13-7-8-14-24(23)19-25/h4-8,11-14,16-17,19,26H,9-10,15,18,20-21H2,1-3H3,(H,32,36)(H,33,37). The van der Waals surface area contributed by atoms with Gasteiger partial charge in [-0.1, -0.05) is 66.7 Å². The maximum Gasteiger partial charge on any atom is 0.408 e. The molecule has 0 saturated carbocycles. The monoisotopic (exact) mass is 548 g/mol. The summed E-state index contributed by atoms with van der Waals surface area (Å²) in [4.78, 5) is 49.8. The minimum atomic E-state index is -1.02. The third-order valence-electron chi connectivity index (χ3n) is 5.79. The van der Waals surface area contributed by atoms with Crippen LogP contribution in [-0.2, 0) is 25.6 Å². The van der Waals surface area contributed by atoms with Crippen LogP contribution in [0.3, 0.4) is 0 Å². The molecule has 0 radical (unpaired) electrons. The second-order valence-electron chi connectivity index (χ2n) is 10.3. The molecule has 0 aliphatic heterocycles. The highest BCUT2D eigenvalue weighted by molar-refractivity contribution is 6.01. The number of ether oxygens (including phenoxy) is 3. The van der Waals surface area contributed by atoms with Gasteiger partial charge in [-0.15, -0.1) is 0 Å². The van der Waals surface area contributed by atoms with E-state index in [0.717, 1.165) is 16.3 Å². The molecule has 0 bridgehead atoms. The van der Waals surface area contributed by atoms with E-state index in [4.69, 9.17) is 14.2 Å². The van der Waals surface area contributed by atoms with Gasteiger partial charge in [0.1, 0.15) is 18.2 Å². The highest BCUT2D eigenvalue weighted by atomic mass is 16.6. The van der Waals surface area contributed by atoms with Gasteiger partial charge < -0.3 is 24.8 Å². The number of unbranched alkanes of at least 4 members (excludes halogenated alkanes) is 1. The zero-order chi connectivity index (χ0) is 29.0. The van der Waals surface area contributed by atoms with Gasteiger partial charge >= 0.3 is 18.2 Å². The van der Waals surface area contributed by atoms with Crippen molar-refractivity contribution >= 4 is 34.7 Å². The first-order valence-corrected chi connectivity index (χ1v) is 13.2. The zero-order valence-electron chi connectivity index (χ0n) is 23.1. The summed E-state index contributed by atoms with van der Waals surface area (Å²) in [5, 5.41) is 7.11. The van der Waals surface area contributed by atoms with Crippen molar-refractivity contribution in [2.75, 3.05) is 13.2 Å². The normalized spacial score (nSPS) is 11.8. The van der Waals surface area contributed by atoms with Crippen molar-refractivity contribution in [1.29, 1.82) is 0 Å². The van der Waals surface area contributed by atoms with Crippen LogP contribution in [-0.4, -0.2) is 48.7 Å². The maximum absolute atomic E-state index is 12.8. The van der Waals surface area contributed by atoms with Gasteiger partial charge in [0, 0.05) is 12.1 Å². The van der Waals surface area contributed by atoms with Crippen molar-refractivity contribution in [2.24, 2.45) is 0 Å². The van der Waals surface area contributed by atoms with E-state index in [1.807, 2.05) is 60.7 Å². The fraction of sp³-hybridized carbons (Fsp3) is 0.355. The topological polar surface area (TPSA) is 120 Å². The number of Topliss-reactive ketones (excluding diaryl/α,β-unsaturated/α-hetero) is 1. The lowest BCUT2D eigenvalue weighted by Gasteiger charge is -2.23. The SMILES string of the molecule is CC(C)(C)OC(=O)NC(CCCCNC(=O)OCc1ccccc1)C(=O)OCC(=O)c1ccc2ccccc2c1. The molecular weight excluding hydrogens is 512 g/mol. The molecule has 3 aromatic carbocycles. The van der Waals surface area contributed by atoms with Gasteiger partial charge in [-0.3, -0.25) is 4.79 Å². The molecule has 9 nitrogen and oxygen atoms in total. The van der Waals surface area contributed by atoms with Crippen molar-refractivity contribution in [3.05, 3.63) is 83.9 Å². The highest BCUT2D eigenvalue weighted by Gasteiger charge is 2.26. The van der Waals surface area contributed by atoms with Crippen LogP contribution in [0.15, 0.2) is 72.8 Å². The van der Waals surface area contributed by atoms with Gasteiger partial charge in [0.25, 0.3) is 0 Å². The average Bonchev–Trinajstić information content (AvgIpc) is 2.93. The van der Waals surface area contributed by atoms with Gasteiger partial charge in [-0.2, -0.15) is 0 Å². The summed E-state index contributed by atoms with van der Waals surface area (Å²) < 4.78 is 15.7. The number of esters is 1. The molecule has 0 heterocycles. The van der Waals surface area contributed by atoms with Crippen LogP contribution in [0.4, 0.5) is 9.59 Å². The van der Waals surface area contributed by atoms with E-state index < -0.39 is 36.4 Å². The third kappa shape index (κ3) is 10.4. The van der Waals surface area contributed by atoms with Gasteiger partial charge in [0.15, 0.2) is 12.4 Å². The fourth-order valence-electron chi connectivity index (χ4n) is 3.82. The summed E-state index contributed by atoms with van der Waals surface area (Å²) in [5.74, 6) is -1.09. The number of nitrogens with one attached hydrogen (secondary N) is 2. The van der Waals surface area contributed by atoms with Crippen LogP contribution in [0.25, 0.3) is 10.8 Å². The largest absolute Gasteiger partial charge is 0.456 e. The first-order chi connectivity index (χ1) is 19.1. The Morgan fingerprint density at radius 3 is 2.23 bits per heavy atom. The number of alkyl carbamates (subject to hydrolysis) is 2. The first-order valence-electron chi connectivity index (χ1n) is 13.2. The zero-order valence-corrected chi connectivity index (χ0v) is 23.1. The van der Waals surface area contributed by atoms with Crippen LogP contribution < -0.4 is 10.6 Å². The maximum atomic E-state index is 12.8. The molecule has 0 spiro atoms. The fourth-order valence-corrected chi connectivity index (χ4v) is 3.82. The van der Waals surface area contributed by atoms with E-state index in [1.54, 1.807) is 32.9 Å². The Balaban J connectivity index is 1.48. The Morgan fingerprint density at radius 1 is 0.800 bits per heavy atom. The summed E-state index contributed by atoms with van der Waals surface area (Å²) in [5.41, 5.74) is 0.550. The number of hydrogen-bond donors (Lipinski definition) is 2. The number of carbonyl (C=O) groups is 4. The number of fused-ring (bicyclic) bond motifs is 1. The molecule has 3 aromatic rings. The van der Waals surface area contributed by atoms with Gasteiger partial charge in [-0.05, 0) is 62.4 Å². The van der Waals surface area contributed by atoms with Crippen LogP contribution in [0.1, 0.15) is 56.0 Å². The van der Waals surface area contributed by atoms with Crippen LogP contribution in [0.2, 0.25) is 0 Å². The van der Waals surface area contributed by atoms with E-state index in [9.17, 15) is 19.2 Å². The van der Waals surface area contributed by atoms with Crippen molar-refractivity contribution < 1.29 is 33.4 Å². The second kappa shape index (κ2) is 14.7. The summed E-state index contributed by atoms with van der Waals surface area (Å²) >= 11 is 0. The molecule has 3 rings (SSSR count). The molecule has 0 aliphatic carbocycles. The number of carbonyl (C=O) groups excluding carboxylic acids is 4. The lowest BCUT2D eigenvalue weighted by atomic mass is 10.0. The van der Waals surface area contributed by atoms with E-state index in [-0.39, 0.29) is 18.8 Å². The quantitative estimate of drug-likeness (QED) is 0.132. The Labute approximate surface area is 234 Å². The van der Waals surface area contributed by atoms with Crippen LogP contribution >= 0.6 is 0 Å². The molecule has 0 fully saturated rings. The van der Waals surface area contributed by atoms with E-state index in [0.29, 0.717) is 24.9 Å². The van der Waals surface area contributed by atoms with Crippen molar-refractivity contribution in [3.8, 4) is 0 Å². The Morgan fingerprint density at radius 2 is 1.50 bits per heavy atom. The van der Waals surface area contributed by atoms with E-state index in [1.165, 1.54) is 0 Å². The minimum Gasteiger partial charge on any atom is -0.456 e. The summed E-state index contributed by atoms with van der Waals surface area (Å²) in [6.07, 6.45) is -0.0800. The number of rotatable bonds is 12. The Bertz CT molecular complexity index is 1300. The smallest absolute Gasteiger partial charge is 0.408 e. The summed E-state index contributed by atoms with van der Waals surface area (Å²) in [6, 6.07) is 21.2. The van der Waals surface area contributed by atoms with E-state index in [2.05, 4.69) is 10.6 Å². The predicted molar refractivity (Wildman–Crippen MR) is 151 cm³/mol. The van der Waals surface area contributed by atoms with Gasteiger partial charge in [0.05, 0.1) is 0 Å². The number of benzene rings is 3. The van der Waals surface area contributed by atoms with Crippen LogP contribution in [0.5, 0.6) is 0 Å². The second-order valence-corrected chi connectivity index (χ2v) is 10.3. The van der Waals surface area contributed by atoms with Crippen molar-refractivity contribution in [3.63, 3.8) is 0 Å². The molecule has 212 valence electrons. The molecule has 1 atom stereocenters. The highest BCUT2D eigenvalue weighted by Crippen LogP contribution is 2.16. The Kier molecular flexibility index (Phi) is 11.1. The molecule has 40 heavy (non-hydrogen) atoms. The third-order valence-corrected chi connectivity index (χ3v) is 5.79. The lowest BCUT2D eigenvalue weighted by Crippen LogP contribution is -2.44. The summed E-state index contributed by atoms with van der Waals surface area (Å²) in [7, 11) is 0.